The summed E-state index contributed by atoms with van der Waals surface area (Å²) in [6.45, 7) is 1.30. The zero-order chi connectivity index (χ0) is 14.6. The summed E-state index contributed by atoms with van der Waals surface area (Å²) in [5.74, 6) is -5.00. The lowest BCUT2D eigenvalue weighted by atomic mass is 9.88. The number of nitrogens with zero attached hydrogens (tertiary/aromatic N) is 1. The minimum atomic E-state index is -2.87. The molecule has 0 amide bonds. The number of rotatable bonds is 6. The number of aliphatic carboxylic acids is 3. The number of carboxylic acids is 3. The number of piperazine rings is 1. The van der Waals surface area contributed by atoms with Crippen LogP contribution in [-0.4, -0.2) is 81.1 Å². The second-order valence-corrected chi connectivity index (χ2v) is 4.33. The average molecular weight is 276 g/mol. The van der Waals surface area contributed by atoms with Crippen LogP contribution in [0.1, 0.15) is 6.42 Å². The van der Waals surface area contributed by atoms with E-state index in [1.54, 1.807) is 0 Å². The summed E-state index contributed by atoms with van der Waals surface area (Å²) in [6, 6.07) is -1.80. The van der Waals surface area contributed by atoms with Crippen molar-refractivity contribution in [2.45, 2.75) is 18.1 Å². The normalized spacial score (nSPS) is 21.3. The standard InChI is InChI=1S/C10H16N2O7/c13-6(14)5-10(19,9(17)18)7(8(15)16)12-3-1-11-2-4-12/h7,11,19H,1-5H2,(H,13,14)(H,15,16)(H,17,18)/t7-,10-/m0/s1. The summed E-state index contributed by atoms with van der Waals surface area (Å²) in [4.78, 5) is 34.3. The number of nitrogens with one attached hydrogen (secondary N) is 1. The lowest BCUT2D eigenvalue weighted by Crippen LogP contribution is -2.64. The summed E-state index contributed by atoms with van der Waals surface area (Å²) in [7, 11) is 0. The summed E-state index contributed by atoms with van der Waals surface area (Å²) in [5.41, 5.74) is -2.87. The molecule has 1 fully saturated rings. The summed E-state index contributed by atoms with van der Waals surface area (Å²) < 4.78 is 0. The van der Waals surface area contributed by atoms with Gasteiger partial charge in [0.05, 0.1) is 6.42 Å². The lowest BCUT2D eigenvalue weighted by Gasteiger charge is -2.38. The van der Waals surface area contributed by atoms with Gasteiger partial charge in [-0.15, -0.1) is 0 Å². The number of carboxylic acid groups (broad SMARTS) is 3. The number of aliphatic hydroxyl groups is 1. The van der Waals surface area contributed by atoms with Gasteiger partial charge in [-0.2, -0.15) is 0 Å². The van der Waals surface area contributed by atoms with Crippen molar-refractivity contribution in [3.05, 3.63) is 0 Å². The Balaban J connectivity index is 3.07. The highest BCUT2D eigenvalue weighted by atomic mass is 16.4. The first-order valence-electron chi connectivity index (χ1n) is 5.64. The summed E-state index contributed by atoms with van der Waals surface area (Å²) in [5, 5.41) is 39.8. The molecule has 1 aliphatic rings. The van der Waals surface area contributed by atoms with Crippen LogP contribution in [0.4, 0.5) is 0 Å². The molecule has 1 aliphatic heterocycles. The van der Waals surface area contributed by atoms with Crippen molar-refractivity contribution in [1.29, 1.82) is 0 Å². The van der Waals surface area contributed by atoms with Crippen molar-refractivity contribution >= 4 is 17.9 Å². The third-order valence-corrected chi connectivity index (χ3v) is 2.99. The average Bonchev–Trinajstić information content (AvgIpc) is 2.28. The molecule has 0 aromatic heterocycles. The fraction of sp³-hybridized carbons (Fsp3) is 0.700. The SMILES string of the molecule is O=C(O)C[C@@](O)(C(=O)O)[C@H](C(=O)O)N1CCNCC1. The molecule has 0 saturated carbocycles. The molecule has 1 saturated heterocycles. The number of hydrogen-bond donors (Lipinski definition) is 5. The fourth-order valence-corrected chi connectivity index (χ4v) is 2.12. The molecule has 0 aromatic rings. The Kier molecular flexibility index (Phi) is 4.81. The van der Waals surface area contributed by atoms with Crippen molar-refractivity contribution in [1.82, 2.24) is 10.2 Å². The van der Waals surface area contributed by atoms with E-state index in [4.69, 9.17) is 15.3 Å². The molecule has 5 N–H and O–H groups in total. The maximum Gasteiger partial charge on any atom is 0.338 e. The number of hydrogen-bond acceptors (Lipinski definition) is 6. The molecule has 0 aliphatic carbocycles. The van der Waals surface area contributed by atoms with E-state index in [1.807, 2.05) is 0 Å². The Hall–Kier alpha value is -1.71. The Morgan fingerprint density at radius 1 is 1.16 bits per heavy atom. The molecule has 9 nitrogen and oxygen atoms in total. The smallest absolute Gasteiger partial charge is 0.338 e. The predicted molar refractivity (Wildman–Crippen MR) is 60.7 cm³/mol. The molecular formula is C10H16N2O7. The van der Waals surface area contributed by atoms with Crippen molar-refractivity contribution < 1.29 is 34.8 Å². The molecule has 1 heterocycles. The van der Waals surface area contributed by atoms with E-state index < -0.39 is 36.0 Å². The highest BCUT2D eigenvalue weighted by Gasteiger charge is 2.52. The largest absolute Gasteiger partial charge is 0.481 e. The Morgan fingerprint density at radius 3 is 2.05 bits per heavy atom. The van der Waals surface area contributed by atoms with Crippen LogP contribution in [0.2, 0.25) is 0 Å². The monoisotopic (exact) mass is 276 g/mol. The first-order chi connectivity index (χ1) is 8.79. The Bertz CT molecular complexity index is 380. The van der Waals surface area contributed by atoms with Gasteiger partial charge in [0.2, 0.25) is 0 Å². The van der Waals surface area contributed by atoms with Crippen molar-refractivity contribution in [2.75, 3.05) is 26.2 Å². The van der Waals surface area contributed by atoms with Gasteiger partial charge in [0.15, 0.2) is 5.60 Å². The van der Waals surface area contributed by atoms with E-state index in [-0.39, 0.29) is 13.1 Å². The van der Waals surface area contributed by atoms with Gasteiger partial charge < -0.3 is 25.7 Å². The maximum absolute atomic E-state index is 11.3. The molecule has 0 aromatic carbocycles. The highest BCUT2D eigenvalue weighted by Crippen LogP contribution is 2.22. The molecule has 19 heavy (non-hydrogen) atoms. The Morgan fingerprint density at radius 2 is 1.68 bits per heavy atom. The first kappa shape index (κ1) is 15.3. The highest BCUT2D eigenvalue weighted by molar-refractivity contribution is 5.91. The van der Waals surface area contributed by atoms with Gasteiger partial charge in [0.1, 0.15) is 6.04 Å². The lowest BCUT2D eigenvalue weighted by molar-refractivity contribution is -0.181. The van der Waals surface area contributed by atoms with E-state index in [0.29, 0.717) is 13.1 Å². The third-order valence-electron chi connectivity index (χ3n) is 2.99. The van der Waals surface area contributed by atoms with Crippen molar-refractivity contribution in [3.63, 3.8) is 0 Å². The van der Waals surface area contributed by atoms with Gasteiger partial charge in [0.25, 0.3) is 0 Å². The van der Waals surface area contributed by atoms with Crippen LogP contribution in [0.3, 0.4) is 0 Å². The van der Waals surface area contributed by atoms with E-state index in [0.717, 1.165) is 0 Å². The minimum absolute atomic E-state index is 0.214. The van der Waals surface area contributed by atoms with Gasteiger partial charge in [0, 0.05) is 26.2 Å². The summed E-state index contributed by atoms with van der Waals surface area (Å²) >= 11 is 0. The number of carbonyl (C=O) groups is 3. The zero-order valence-electron chi connectivity index (χ0n) is 10.1. The first-order valence-corrected chi connectivity index (χ1v) is 5.64. The molecule has 0 radical (unpaired) electrons. The van der Waals surface area contributed by atoms with Crippen LogP contribution in [0.25, 0.3) is 0 Å². The van der Waals surface area contributed by atoms with Crippen LogP contribution in [0.5, 0.6) is 0 Å². The third kappa shape index (κ3) is 3.40. The predicted octanol–water partition coefficient (Wildman–Crippen LogP) is -2.36. The molecule has 0 bridgehead atoms. The van der Waals surface area contributed by atoms with E-state index in [1.165, 1.54) is 4.90 Å². The van der Waals surface area contributed by atoms with E-state index in [2.05, 4.69) is 5.32 Å². The van der Waals surface area contributed by atoms with Crippen LogP contribution in [0, 0.1) is 0 Å². The summed E-state index contributed by atoms with van der Waals surface area (Å²) in [6.07, 6.45) is -1.18. The van der Waals surface area contributed by atoms with E-state index in [9.17, 15) is 19.5 Å². The topological polar surface area (TPSA) is 147 Å². The molecule has 0 unspecified atom stereocenters. The van der Waals surface area contributed by atoms with Gasteiger partial charge in [-0.05, 0) is 0 Å². The zero-order valence-corrected chi connectivity index (χ0v) is 10.1. The van der Waals surface area contributed by atoms with Gasteiger partial charge >= 0.3 is 17.9 Å². The second-order valence-electron chi connectivity index (χ2n) is 4.33. The van der Waals surface area contributed by atoms with Crippen molar-refractivity contribution in [3.8, 4) is 0 Å². The van der Waals surface area contributed by atoms with Crippen LogP contribution in [-0.2, 0) is 14.4 Å². The van der Waals surface area contributed by atoms with Crippen LogP contribution >= 0.6 is 0 Å². The molecule has 0 spiro atoms. The maximum atomic E-state index is 11.3. The Labute approximate surface area is 108 Å². The molecular weight excluding hydrogens is 260 g/mol. The van der Waals surface area contributed by atoms with E-state index >= 15 is 0 Å². The van der Waals surface area contributed by atoms with Gasteiger partial charge in [-0.1, -0.05) is 0 Å². The van der Waals surface area contributed by atoms with Crippen LogP contribution < -0.4 is 5.32 Å². The minimum Gasteiger partial charge on any atom is -0.481 e. The van der Waals surface area contributed by atoms with Gasteiger partial charge in [-0.25, -0.2) is 4.79 Å². The fourth-order valence-electron chi connectivity index (χ4n) is 2.12. The quantitative estimate of drug-likeness (QED) is 0.359. The molecule has 2 atom stereocenters. The molecule has 1 rings (SSSR count). The molecule has 9 heteroatoms. The van der Waals surface area contributed by atoms with Gasteiger partial charge in [-0.3, -0.25) is 14.5 Å². The van der Waals surface area contributed by atoms with Crippen LogP contribution in [0.15, 0.2) is 0 Å². The molecule has 108 valence electrons. The van der Waals surface area contributed by atoms with Crippen molar-refractivity contribution in [2.24, 2.45) is 0 Å². The second kappa shape index (κ2) is 5.95.